The Morgan fingerprint density at radius 3 is 2.86 bits per heavy atom. The highest BCUT2D eigenvalue weighted by Gasteiger charge is 2.17. The van der Waals surface area contributed by atoms with Gasteiger partial charge in [0.15, 0.2) is 6.61 Å². The van der Waals surface area contributed by atoms with E-state index < -0.39 is 18.5 Å². The fraction of sp³-hybridized carbons (Fsp3) is 0.214. The van der Waals surface area contributed by atoms with Crippen LogP contribution in [0.15, 0.2) is 21.2 Å². The zero-order chi connectivity index (χ0) is 15.4. The fourth-order valence-corrected chi connectivity index (χ4v) is 2.23. The van der Waals surface area contributed by atoms with Gasteiger partial charge in [0, 0.05) is 10.9 Å². The molecule has 0 aromatic carbocycles. The van der Waals surface area contributed by atoms with E-state index in [1.54, 1.807) is 30.7 Å². The summed E-state index contributed by atoms with van der Waals surface area (Å²) in [4.78, 5) is 23.3. The minimum atomic E-state index is -0.571. The molecule has 1 N–H and O–H groups in total. The first-order chi connectivity index (χ1) is 10.0. The van der Waals surface area contributed by atoms with Crippen molar-refractivity contribution >= 4 is 29.1 Å². The van der Waals surface area contributed by atoms with Gasteiger partial charge in [-0.2, -0.15) is 16.6 Å². The molecule has 108 valence electrons. The second-order valence-corrected chi connectivity index (χ2v) is 5.02. The molecule has 2 aromatic heterocycles. The van der Waals surface area contributed by atoms with Crippen molar-refractivity contribution in [1.29, 1.82) is 5.26 Å². The first kappa shape index (κ1) is 14.8. The zero-order valence-electron chi connectivity index (χ0n) is 11.4. The van der Waals surface area contributed by atoms with E-state index in [1.807, 2.05) is 6.07 Å². The number of nitrogens with one attached hydrogen (secondary N) is 1. The topological polar surface area (TPSA) is 92.3 Å². The number of esters is 1. The summed E-state index contributed by atoms with van der Waals surface area (Å²) in [6.45, 7) is 2.98. The van der Waals surface area contributed by atoms with Crippen molar-refractivity contribution in [2.75, 3.05) is 11.9 Å². The molecule has 2 heterocycles. The van der Waals surface area contributed by atoms with E-state index in [0.717, 1.165) is 0 Å². The Morgan fingerprint density at radius 1 is 1.48 bits per heavy atom. The SMILES string of the molecule is Cc1oc(NC(=O)COC(=O)c2ccsc2)c(C#N)c1C. The maximum atomic E-state index is 11.7. The second kappa shape index (κ2) is 6.24. The number of rotatable bonds is 4. The van der Waals surface area contributed by atoms with Crippen LogP contribution >= 0.6 is 11.3 Å². The average molecular weight is 304 g/mol. The number of amides is 1. The highest BCUT2D eigenvalue weighted by atomic mass is 32.1. The summed E-state index contributed by atoms with van der Waals surface area (Å²) >= 11 is 1.36. The molecule has 0 fully saturated rings. The molecule has 0 saturated carbocycles. The number of aryl methyl sites for hydroxylation is 1. The van der Waals surface area contributed by atoms with Crippen LogP contribution in [0.3, 0.4) is 0 Å². The lowest BCUT2D eigenvalue weighted by Crippen LogP contribution is -2.20. The summed E-state index contributed by atoms with van der Waals surface area (Å²) in [7, 11) is 0. The van der Waals surface area contributed by atoms with Crippen molar-refractivity contribution in [3.63, 3.8) is 0 Å². The Balaban J connectivity index is 1.95. The van der Waals surface area contributed by atoms with Gasteiger partial charge < -0.3 is 9.15 Å². The van der Waals surface area contributed by atoms with Gasteiger partial charge in [-0.25, -0.2) is 4.79 Å². The first-order valence-electron chi connectivity index (χ1n) is 6.02. The summed E-state index contributed by atoms with van der Waals surface area (Å²) in [6, 6.07) is 3.57. The van der Waals surface area contributed by atoms with Crippen LogP contribution in [-0.2, 0) is 9.53 Å². The fourth-order valence-electron chi connectivity index (χ4n) is 1.61. The lowest BCUT2D eigenvalue weighted by Gasteiger charge is -2.04. The number of carbonyl (C=O) groups excluding carboxylic acids is 2. The molecule has 0 bridgehead atoms. The minimum absolute atomic E-state index is 0.0732. The van der Waals surface area contributed by atoms with Crippen molar-refractivity contribution in [2.45, 2.75) is 13.8 Å². The van der Waals surface area contributed by atoms with E-state index in [9.17, 15) is 9.59 Å². The largest absolute Gasteiger partial charge is 0.452 e. The Labute approximate surface area is 124 Å². The summed E-state index contributed by atoms with van der Waals surface area (Å²) in [5.41, 5.74) is 1.34. The smallest absolute Gasteiger partial charge is 0.339 e. The number of thiophene rings is 1. The van der Waals surface area contributed by atoms with E-state index in [1.165, 1.54) is 11.3 Å². The monoisotopic (exact) mass is 304 g/mol. The second-order valence-electron chi connectivity index (χ2n) is 4.24. The molecule has 6 nitrogen and oxygen atoms in total. The van der Waals surface area contributed by atoms with Gasteiger partial charge in [-0.1, -0.05) is 0 Å². The van der Waals surface area contributed by atoms with Crippen molar-refractivity contribution in [2.24, 2.45) is 0 Å². The van der Waals surface area contributed by atoms with Gasteiger partial charge in [0.25, 0.3) is 5.91 Å². The third-order valence-electron chi connectivity index (χ3n) is 2.84. The van der Waals surface area contributed by atoms with Crippen LogP contribution in [0.4, 0.5) is 5.88 Å². The van der Waals surface area contributed by atoms with Crippen LogP contribution < -0.4 is 5.32 Å². The Kier molecular flexibility index (Phi) is 4.40. The number of ether oxygens (including phenoxy) is 1. The number of nitriles is 1. The van der Waals surface area contributed by atoms with Gasteiger partial charge in [-0.05, 0) is 25.3 Å². The molecule has 1 amide bonds. The predicted octanol–water partition coefficient (Wildman–Crippen LogP) is 2.63. The van der Waals surface area contributed by atoms with Crippen molar-refractivity contribution in [3.05, 3.63) is 39.3 Å². The number of furan rings is 1. The van der Waals surface area contributed by atoms with Crippen LogP contribution in [0.1, 0.15) is 27.2 Å². The molecule has 0 unspecified atom stereocenters. The predicted molar refractivity (Wildman–Crippen MR) is 76.1 cm³/mol. The number of hydrogen-bond acceptors (Lipinski definition) is 6. The van der Waals surface area contributed by atoms with Gasteiger partial charge in [0.05, 0.1) is 5.56 Å². The average Bonchev–Trinajstić information content (AvgIpc) is 3.06. The quantitative estimate of drug-likeness (QED) is 0.876. The lowest BCUT2D eigenvalue weighted by atomic mass is 10.2. The molecule has 0 saturated heterocycles. The highest BCUT2D eigenvalue weighted by molar-refractivity contribution is 7.08. The lowest BCUT2D eigenvalue weighted by molar-refractivity contribution is -0.119. The molecule has 0 spiro atoms. The standard InChI is InChI=1S/C14H12N2O4S/c1-8-9(2)20-13(11(8)5-15)16-12(17)6-19-14(18)10-3-4-21-7-10/h3-4,7H,6H2,1-2H3,(H,16,17). The zero-order valence-corrected chi connectivity index (χ0v) is 12.2. The summed E-state index contributed by atoms with van der Waals surface area (Å²) in [5, 5.41) is 14.8. The summed E-state index contributed by atoms with van der Waals surface area (Å²) < 4.78 is 10.2. The molecular formula is C14H12N2O4S. The Morgan fingerprint density at radius 2 is 2.24 bits per heavy atom. The molecule has 0 atom stereocenters. The Hall–Kier alpha value is -2.59. The Bertz CT molecular complexity index is 710. The van der Waals surface area contributed by atoms with Crippen LogP contribution in [0.2, 0.25) is 0 Å². The van der Waals surface area contributed by atoms with E-state index in [4.69, 9.17) is 14.4 Å². The normalized spacial score (nSPS) is 9.95. The maximum absolute atomic E-state index is 11.7. The van der Waals surface area contributed by atoms with E-state index in [0.29, 0.717) is 16.9 Å². The third-order valence-corrected chi connectivity index (χ3v) is 3.52. The van der Waals surface area contributed by atoms with Gasteiger partial charge in [0.2, 0.25) is 5.88 Å². The number of anilines is 1. The van der Waals surface area contributed by atoms with Crippen LogP contribution in [0.25, 0.3) is 0 Å². The van der Waals surface area contributed by atoms with Crippen LogP contribution in [0.5, 0.6) is 0 Å². The van der Waals surface area contributed by atoms with Crippen molar-refractivity contribution in [1.82, 2.24) is 0 Å². The number of nitrogens with zero attached hydrogens (tertiary/aromatic N) is 1. The third kappa shape index (κ3) is 3.30. The minimum Gasteiger partial charge on any atom is -0.452 e. The summed E-state index contributed by atoms with van der Waals surface area (Å²) in [5.74, 6) is -0.510. The van der Waals surface area contributed by atoms with Gasteiger partial charge in [-0.3, -0.25) is 10.1 Å². The molecule has 0 aliphatic heterocycles. The number of carbonyl (C=O) groups is 2. The molecule has 2 aromatic rings. The van der Waals surface area contributed by atoms with Gasteiger partial charge >= 0.3 is 5.97 Å². The maximum Gasteiger partial charge on any atom is 0.339 e. The highest BCUT2D eigenvalue weighted by Crippen LogP contribution is 2.25. The van der Waals surface area contributed by atoms with Crippen molar-refractivity contribution < 1.29 is 18.7 Å². The summed E-state index contributed by atoms with van der Waals surface area (Å²) in [6.07, 6.45) is 0. The molecule has 21 heavy (non-hydrogen) atoms. The van der Waals surface area contributed by atoms with E-state index >= 15 is 0 Å². The molecule has 7 heteroatoms. The molecular weight excluding hydrogens is 292 g/mol. The van der Waals surface area contributed by atoms with E-state index in [2.05, 4.69) is 5.32 Å². The molecule has 0 aliphatic rings. The number of hydrogen-bond donors (Lipinski definition) is 1. The van der Waals surface area contributed by atoms with E-state index in [-0.39, 0.29) is 11.4 Å². The molecule has 0 aliphatic carbocycles. The van der Waals surface area contributed by atoms with Crippen LogP contribution in [-0.4, -0.2) is 18.5 Å². The molecule has 2 rings (SSSR count). The van der Waals surface area contributed by atoms with Gasteiger partial charge in [-0.15, -0.1) is 0 Å². The molecule has 0 radical (unpaired) electrons. The van der Waals surface area contributed by atoms with Crippen LogP contribution in [0, 0.1) is 25.2 Å². The first-order valence-corrected chi connectivity index (χ1v) is 6.96. The van der Waals surface area contributed by atoms with Gasteiger partial charge in [0.1, 0.15) is 17.4 Å². The van der Waals surface area contributed by atoms with Crippen molar-refractivity contribution in [3.8, 4) is 6.07 Å².